The topological polar surface area (TPSA) is 38.8 Å². The number of carbonyl (C=O) groups excluding carboxylic acids is 1. The molecule has 0 radical (unpaired) electrons. The fraction of sp³-hybridized carbons (Fsp3) is 0.727. The van der Waals surface area contributed by atoms with Gasteiger partial charge in [0, 0.05) is 32.5 Å². The number of rotatable bonds is 7. The number of hydrogen-bond acceptors (Lipinski definition) is 3. The third-order valence-corrected chi connectivity index (χ3v) is 2.52. The summed E-state index contributed by atoms with van der Waals surface area (Å²) in [5, 5.41) is 0. The zero-order valence-electron chi connectivity index (χ0n) is 9.28. The van der Waals surface area contributed by atoms with Crippen LogP contribution in [0.4, 0.5) is 0 Å². The predicted molar refractivity (Wildman–Crippen MR) is 57.6 cm³/mol. The van der Waals surface area contributed by atoms with Gasteiger partial charge in [-0.05, 0) is 0 Å². The Labute approximate surface area is 90.8 Å². The van der Waals surface area contributed by atoms with Crippen molar-refractivity contribution in [2.24, 2.45) is 5.92 Å². The van der Waals surface area contributed by atoms with Crippen molar-refractivity contribution in [3.63, 3.8) is 0 Å². The number of carbonyl (C=O) groups is 1. The van der Waals surface area contributed by atoms with Crippen molar-refractivity contribution in [3.05, 3.63) is 12.7 Å². The average Bonchev–Trinajstić information content (AvgIpc) is 2.59. The van der Waals surface area contributed by atoms with Gasteiger partial charge >= 0.3 is 0 Å². The molecule has 1 atom stereocenters. The van der Waals surface area contributed by atoms with Crippen LogP contribution in [0, 0.1) is 5.92 Å². The molecule has 1 amide bonds. The van der Waals surface area contributed by atoms with E-state index in [1.54, 1.807) is 7.11 Å². The maximum atomic E-state index is 11.5. The van der Waals surface area contributed by atoms with Crippen LogP contribution >= 0.6 is 0 Å². The molecule has 0 aromatic heterocycles. The molecule has 1 rings (SSSR count). The molecule has 1 saturated heterocycles. The van der Waals surface area contributed by atoms with E-state index in [0.717, 1.165) is 6.54 Å². The SMILES string of the molecule is C=CC1CC(=O)N(CCOCCOC)C1. The van der Waals surface area contributed by atoms with Crippen LogP contribution in [-0.4, -0.2) is 50.8 Å². The number of amides is 1. The Morgan fingerprint density at radius 3 is 2.93 bits per heavy atom. The third kappa shape index (κ3) is 4.01. The fourth-order valence-electron chi connectivity index (χ4n) is 1.60. The predicted octanol–water partition coefficient (Wildman–Crippen LogP) is 0.684. The van der Waals surface area contributed by atoms with Crippen LogP contribution in [-0.2, 0) is 14.3 Å². The van der Waals surface area contributed by atoms with E-state index in [2.05, 4.69) is 6.58 Å². The van der Waals surface area contributed by atoms with E-state index in [0.29, 0.717) is 38.7 Å². The van der Waals surface area contributed by atoms with Crippen LogP contribution in [0.2, 0.25) is 0 Å². The Hall–Kier alpha value is -0.870. The smallest absolute Gasteiger partial charge is 0.223 e. The summed E-state index contributed by atoms with van der Waals surface area (Å²) in [6.45, 7) is 6.94. The second kappa shape index (κ2) is 6.58. The monoisotopic (exact) mass is 213 g/mol. The van der Waals surface area contributed by atoms with E-state index >= 15 is 0 Å². The first-order valence-corrected chi connectivity index (χ1v) is 5.25. The van der Waals surface area contributed by atoms with Crippen LogP contribution in [0.3, 0.4) is 0 Å². The molecule has 1 aliphatic rings. The van der Waals surface area contributed by atoms with Gasteiger partial charge in [0.1, 0.15) is 0 Å². The molecule has 15 heavy (non-hydrogen) atoms. The normalized spacial score (nSPS) is 21.0. The molecule has 4 nitrogen and oxygen atoms in total. The molecule has 0 N–H and O–H groups in total. The van der Waals surface area contributed by atoms with Gasteiger partial charge in [-0.3, -0.25) is 4.79 Å². The molecule has 0 aromatic carbocycles. The Bertz CT molecular complexity index is 218. The summed E-state index contributed by atoms with van der Waals surface area (Å²) in [6.07, 6.45) is 2.45. The fourth-order valence-corrected chi connectivity index (χ4v) is 1.60. The van der Waals surface area contributed by atoms with Crippen molar-refractivity contribution in [1.29, 1.82) is 0 Å². The van der Waals surface area contributed by atoms with Crippen molar-refractivity contribution in [2.45, 2.75) is 6.42 Å². The molecule has 1 fully saturated rings. The Balaban J connectivity index is 2.11. The van der Waals surface area contributed by atoms with Gasteiger partial charge in [-0.1, -0.05) is 6.08 Å². The second-order valence-electron chi connectivity index (χ2n) is 3.64. The quantitative estimate of drug-likeness (QED) is 0.461. The highest BCUT2D eigenvalue weighted by molar-refractivity contribution is 5.78. The minimum absolute atomic E-state index is 0.204. The Kier molecular flexibility index (Phi) is 5.36. The molecule has 1 aliphatic heterocycles. The van der Waals surface area contributed by atoms with Gasteiger partial charge in [-0.2, -0.15) is 0 Å². The molecule has 1 heterocycles. The van der Waals surface area contributed by atoms with Crippen LogP contribution < -0.4 is 0 Å². The average molecular weight is 213 g/mol. The summed E-state index contributed by atoms with van der Waals surface area (Å²) in [5.74, 6) is 0.520. The summed E-state index contributed by atoms with van der Waals surface area (Å²) >= 11 is 0. The first-order valence-electron chi connectivity index (χ1n) is 5.25. The summed E-state index contributed by atoms with van der Waals surface area (Å²) in [7, 11) is 1.64. The molecule has 0 aromatic rings. The van der Waals surface area contributed by atoms with Crippen LogP contribution in [0.25, 0.3) is 0 Å². The molecule has 0 aliphatic carbocycles. The molecule has 1 unspecified atom stereocenters. The minimum atomic E-state index is 0.204. The number of methoxy groups -OCH3 is 1. The number of likely N-dealkylation sites (tertiary alicyclic amines) is 1. The molecule has 86 valence electrons. The van der Waals surface area contributed by atoms with Gasteiger partial charge in [0.2, 0.25) is 5.91 Å². The van der Waals surface area contributed by atoms with Gasteiger partial charge in [0.05, 0.1) is 19.8 Å². The lowest BCUT2D eigenvalue weighted by Crippen LogP contribution is -2.29. The van der Waals surface area contributed by atoms with E-state index in [4.69, 9.17) is 9.47 Å². The summed E-state index contributed by atoms with van der Waals surface area (Å²) in [6, 6.07) is 0. The van der Waals surface area contributed by atoms with Crippen molar-refractivity contribution in [3.8, 4) is 0 Å². The van der Waals surface area contributed by atoms with Gasteiger partial charge < -0.3 is 14.4 Å². The van der Waals surface area contributed by atoms with Crippen LogP contribution in [0.5, 0.6) is 0 Å². The highest BCUT2D eigenvalue weighted by Gasteiger charge is 2.26. The third-order valence-electron chi connectivity index (χ3n) is 2.52. The maximum absolute atomic E-state index is 11.5. The standard InChI is InChI=1S/C11H19NO3/c1-3-10-8-11(13)12(9-10)4-5-15-7-6-14-2/h3,10H,1,4-9H2,2H3. The highest BCUT2D eigenvalue weighted by atomic mass is 16.5. The van der Waals surface area contributed by atoms with E-state index in [9.17, 15) is 4.79 Å². The number of nitrogens with zero attached hydrogens (tertiary/aromatic N) is 1. The lowest BCUT2D eigenvalue weighted by Gasteiger charge is -2.15. The second-order valence-corrected chi connectivity index (χ2v) is 3.64. The molecule has 0 bridgehead atoms. The Morgan fingerprint density at radius 1 is 1.53 bits per heavy atom. The van der Waals surface area contributed by atoms with Crippen molar-refractivity contribution >= 4 is 5.91 Å². The summed E-state index contributed by atoms with van der Waals surface area (Å²) in [4.78, 5) is 13.3. The van der Waals surface area contributed by atoms with Crippen LogP contribution in [0.1, 0.15) is 6.42 Å². The van der Waals surface area contributed by atoms with Crippen molar-refractivity contribution < 1.29 is 14.3 Å². The zero-order valence-corrected chi connectivity index (χ0v) is 9.28. The lowest BCUT2D eigenvalue weighted by atomic mass is 10.1. The molecule has 0 spiro atoms. The zero-order chi connectivity index (χ0) is 11.1. The molecular formula is C11H19NO3. The number of ether oxygens (including phenoxy) is 2. The van der Waals surface area contributed by atoms with Gasteiger partial charge in [-0.15, -0.1) is 6.58 Å². The van der Waals surface area contributed by atoms with Gasteiger partial charge in [0.25, 0.3) is 0 Å². The van der Waals surface area contributed by atoms with E-state index in [1.807, 2.05) is 11.0 Å². The van der Waals surface area contributed by atoms with Crippen molar-refractivity contribution in [2.75, 3.05) is 40.0 Å². The van der Waals surface area contributed by atoms with Gasteiger partial charge in [-0.25, -0.2) is 0 Å². The minimum Gasteiger partial charge on any atom is -0.382 e. The largest absolute Gasteiger partial charge is 0.382 e. The highest BCUT2D eigenvalue weighted by Crippen LogP contribution is 2.17. The summed E-state index contributed by atoms with van der Waals surface area (Å²) < 4.78 is 10.2. The molecule has 0 saturated carbocycles. The van der Waals surface area contributed by atoms with Gasteiger partial charge in [0.15, 0.2) is 0 Å². The van der Waals surface area contributed by atoms with Crippen molar-refractivity contribution in [1.82, 2.24) is 4.90 Å². The lowest BCUT2D eigenvalue weighted by molar-refractivity contribution is -0.128. The molecule has 4 heteroatoms. The Morgan fingerprint density at radius 2 is 2.33 bits per heavy atom. The maximum Gasteiger partial charge on any atom is 0.223 e. The van der Waals surface area contributed by atoms with Crippen LogP contribution in [0.15, 0.2) is 12.7 Å². The van der Waals surface area contributed by atoms with E-state index in [-0.39, 0.29) is 5.91 Å². The van der Waals surface area contributed by atoms with E-state index in [1.165, 1.54) is 0 Å². The first kappa shape index (κ1) is 12.2. The number of hydrogen-bond donors (Lipinski definition) is 0. The van der Waals surface area contributed by atoms with E-state index < -0.39 is 0 Å². The molecular weight excluding hydrogens is 194 g/mol. The first-order chi connectivity index (χ1) is 7.27. The summed E-state index contributed by atoms with van der Waals surface area (Å²) in [5.41, 5.74) is 0.